The highest BCUT2D eigenvalue weighted by Gasteiger charge is 2.27. The van der Waals surface area contributed by atoms with Crippen molar-refractivity contribution in [2.24, 2.45) is 0 Å². The van der Waals surface area contributed by atoms with Gasteiger partial charge in [-0.25, -0.2) is 19.8 Å². The zero-order chi connectivity index (χ0) is 27.4. The van der Waals surface area contributed by atoms with Gasteiger partial charge < -0.3 is 15.1 Å². The lowest BCUT2D eigenvalue weighted by Gasteiger charge is -2.34. The first-order valence-corrected chi connectivity index (χ1v) is 12.6. The van der Waals surface area contributed by atoms with Crippen molar-refractivity contribution >= 4 is 35.3 Å². The number of nitrogens with one attached hydrogen (secondary N) is 2. The number of anilines is 1. The summed E-state index contributed by atoms with van der Waals surface area (Å²) in [4.78, 5) is 49.4. The van der Waals surface area contributed by atoms with E-state index in [-0.39, 0.29) is 34.6 Å². The molecule has 11 heteroatoms. The number of carbonyl (C=O) groups is 3. The van der Waals surface area contributed by atoms with Gasteiger partial charge in [-0.2, -0.15) is 0 Å². The molecular weight excluding hydrogens is 503 g/mol. The average Bonchev–Trinajstić information content (AvgIpc) is 3.80. The van der Waals surface area contributed by atoms with Gasteiger partial charge in [0.15, 0.2) is 0 Å². The van der Waals surface area contributed by atoms with Gasteiger partial charge in [0, 0.05) is 55.7 Å². The van der Waals surface area contributed by atoms with Gasteiger partial charge in [-0.1, -0.05) is 30.3 Å². The smallest absolute Gasteiger partial charge is 0.277 e. The van der Waals surface area contributed by atoms with Gasteiger partial charge in [-0.3, -0.25) is 19.6 Å². The molecule has 0 radical (unpaired) electrons. The summed E-state index contributed by atoms with van der Waals surface area (Å²) in [6.07, 6.45) is 6.13. The van der Waals surface area contributed by atoms with Crippen molar-refractivity contribution in [1.82, 2.24) is 25.7 Å². The van der Waals surface area contributed by atoms with Crippen LogP contribution in [0, 0.1) is 5.82 Å². The van der Waals surface area contributed by atoms with Gasteiger partial charge in [0.25, 0.3) is 17.7 Å². The number of nitrogens with zero attached hydrogens (tertiary/aromatic N) is 4. The first kappa shape index (κ1) is 26.0. The van der Waals surface area contributed by atoms with Crippen LogP contribution in [0.5, 0.6) is 0 Å². The number of halogens is 1. The number of piperazine rings is 1. The van der Waals surface area contributed by atoms with Crippen molar-refractivity contribution < 1.29 is 24.0 Å². The molecule has 1 aromatic heterocycles. The first-order valence-electron chi connectivity index (χ1n) is 12.6. The summed E-state index contributed by atoms with van der Waals surface area (Å²) in [5.74, 6) is -1.18. The van der Waals surface area contributed by atoms with Crippen LogP contribution in [-0.4, -0.2) is 70.0 Å². The number of carbonyl (C=O) groups excluding carboxylic acids is 3. The lowest BCUT2D eigenvalue weighted by Crippen LogP contribution is -2.49. The Balaban J connectivity index is 1.25. The predicted octanol–water partition coefficient (Wildman–Crippen LogP) is 2.52. The maximum absolute atomic E-state index is 14.5. The second-order valence-electron chi connectivity index (χ2n) is 9.40. The molecule has 3 N–H and O–H groups in total. The highest BCUT2D eigenvalue weighted by atomic mass is 19.1. The molecule has 2 fully saturated rings. The molecule has 200 valence electrons. The molecule has 2 heterocycles. The Hall–Kier alpha value is -4.64. The quantitative estimate of drug-likeness (QED) is 0.185. The minimum atomic E-state index is -0.691. The van der Waals surface area contributed by atoms with Gasteiger partial charge in [0.05, 0.1) is 11.1 Å². The monoisotopic (exact) mass is 530 g/mol. The Bertz CT molecular complexity index is 1400. The third kappa shape index (κ3) is 6.10. The zero-order valence-electron chi connectivity index (χ0n) is 21.0. The molecule has 5 rings (SSSR count). The fourth-order valence-corrected chi connectivity index (χ4v) is 4.28. The van der Waals surface area contributed by atoms with E-state index in [0.717, 1.165) is 12.8 Å². The summed E-state index contributed by atoms with van der Waals surface area (Å²) in [6, 6.07) is 13.2. The van der Waals surface area contributed by atoms with Crippen LogP contribution >= 0.6 is 0 Å². The third-order valence-corrected chi connectivity index (χ3v) is 6.64. The van der Waals surface area contributed by atoms with E-state index in [1.165, 1.54) is 23.9 Å². The molecule has 3 amide bonds. The molecule has 3 aromatic rings. The number of hydrogen-bond acceptors (Lipinski definition) is 7. The van der Waals surface area contributed by atoms with Crippen LogP contribution in [0.1, 0.15) is 44.7 Å². The van der Waals surface area contributed by atoms with Gasteiger partial charge in [0.1, 0.15) is 5.82 Å². The van der Waals surface area contributed by atoms with Crippen LogP contribution in [0.2, 0.25) is 0 Å². The number of aromatic nitrogens is 2. The van der Waals surface area contributed by atoms with E-state index in [1.807, 2.05) is 4.90 Å². The normalized spacial score (nSPS) is 15.6. The van der Waals surface area contributed by atoms with Crippen molar-refractivity contribution in [3.63, 3.8) is 0 Å². The fraction of sp³-hybridized carbons (Fsp3) is 0.250. The largest absolute Gasteiger partial charge is 0.349 e. The lowest BCUT2D eigenvalue weighted by molar-refractivity contribution is -0.115. The Kier molecular flexibility index (Phi) is 7.60. The number of hydrogen-bond donors (Lipinski definition) is 3. The van der Waals surface area contributed by atoms with Crippen LogP contribution in [-0.2, 0) is 4.79 Å². The molecule has 2 aliphatic rings. The van der Waals surface area contributed by atoms with E-state index >= 15 is 0 Å². The molecule has 2 aromatic carbocycles. The molecule has 1 aliphatic carbocycles. The van der Waals surface area contributed by atoms with E-state index in [9.17, 15) is 18.8 Å². The molecular formula is C28H27FN6O4. The minimum Gasteiger partial charge on any atom is -0.349 e. The molecule has 0 spiro atoms. The van der Waals surface area contributed by atoms with Crippen molar-refractivity contribution in [2.75, 3.05) is 31.1 Å². The number of rotatable bonds is 7. The van der Waals surface area contributed by atoms with Crippen LogP contribution in [0.15, 0.2) is 60.9 Å². The second kappa shape index (κ2) is 11.4. The summed E-state index contributed by atoms with van der Waals surface area (Å²) >= 11 is 0. The molecule has 1 saturated carbocycles. The summed E-state index contributed by atoms with van der Waals surface area (Å²) in [6.45, 7) is 1.95. The zero-order valence-corrected chi connectivity index (χ0v) is 21.0. The average molecular weight is 531 g/mol. The van der Waals surface area contributed by atoms with Crippen LogP contribution in [0.3, 0.4) is 0 Å². The summed E-state index contributed by atoms with van der Waals surface area (Å²) in [5.41, 5.74) is 3.32. The molecule has 0 unspecified atom stereocenters. The Labute approximate surface area is 224 Å². The summed E-state index contributed by atoms with van der Waals surface area (Å²) in [5, 5.41) is 11.6. The first-order chi connectivity index (χ1) is 18.9. The topological polar surface area (TPSA) is 128 Å². The van der Waals surface area contributed by atoms with E-state index in [0.29, 0.717) is 43.3 Å². The molecule has 10 nitrogen and oxygen atoms in total. The van der Waals surface area contributed by atoms with Crippen molar-refractivity contribution in [1.29, 1.82) is 0 Å². The Morgan fingerprint density at radius 1 is 0.923 bits per heavy atom. The number of hydroxylamine groups is 1. The van der Waals surface area contributed by atoms with E-state index in [2.05, 4.69) is 15.3 Å². The van der Waals surface area contributed by atoms with Gasteiger partial charge in [-0.05, 0) is 42.7 Å². The fourth-order valence-electron chi connectivity index (χ4n) is 4.28. The van der Waals surface area contributed by atoms with Crippen LogP contribution < -0.4 is 15.7 Å². The van der Waals surface area contributed by atoms with Crippen LogP contribution in [0.25, 0.3) is 11.6 Å². The SMILES string of the molecule is O=C(NC1CC1)/C(=C/c1ccc(C(=O)N2CCN(c3ncc(C(=O)NO)cn3)CC2)cc1)c1ccccc1F. The molecule has 1 aliphatic heterocycles. The van der Waals surface area contributed by atoms with E-state index < -0.39 is 11.7 Å². The summed E-state index contributed by atoms with van der Waals surface area (Å²) < 4.78 is 14.5. The number of amides is 3. The van der Waals surface area contributed by atoms with Crippen molar-refractivity contribution in [3.8, 4) is 0 Å². The van der Waals surface area contributed by atoms with Gasteiger partial charge >= 0.3 is 0 Å². The third-order valence-electron chi connectivity index (χ3n) is 6.64. The van der Waals surface area contributed by atoms with Crippen LogP contribution in [0.4, 0.5) is 10.3 Å². The molecule has 0 atom stereocenters. The lowest BCUT2D eigenvalue weighted by atomic mass is 10.0. The maximum atomic E-state index is 14.5. The highest BCUT2D eigenvalue weighted by molar-refractivity contribution is 6.24. The Morgan fingerprint density at radius 2 is 1.59 bits per heavy atom. The molecule has 1 saturated heterocycles. The maximum Gasteiger partial charge on any atom is 0.277 e. The number of benzene rings is 2. The van der Waals surface area contributed by atoms with E-state index in [1.54, 1.807) is 53.4 Å². The molecule has 0 bridgehead atoms. The van der Waals surface area contributed by atoms with Crippen molar-refractivity contribution in [3.05, 3.63) is 89.0 Å². The van der Waals surface area contributed by atoms with Crippen molar-refractivity contribution in [2.45, 2.75) is 18.9 Å². The summed E-state index contributed by atoms with van der Waals surface area (Å²) in [7, 11) is 0. The Morgan fingerprint density at radius 3 is 2.21 bits per heavy atom. The van der Waals surface area contributed by atoms with E-state index in [4.69, 9.17) is 5.21 Å². The highest BCUT2D eigenvalue weighted by Crippen LogP contribution is 2.25. The minimum absolute atomic E-state index is 0.123. The second-order valence-corrected chi connectivity index (χ2v) is 9.40. The predicted molar refractivity (Wildman–Crippen MR) is 141 cm³/mol. The standard InChI is InChI=1S/C28H27FN6O4/c29-24-4-2-1-3-22(24)23(26(37)32-21-9-10-21)15-18-5-7-19(8-6-18)27(38)34-11-13-35(14-12-34)28-30-16-20(17-31-28)25(36)33-39/h1-8,15-17,21,39H,9-14H2,(H,32,37)(H,33,36)/b23-15+. The van der Waals surface area contributed by atoms with Gasteiger partial charge in [0.2, 0.25) is 5.95 Å². The van der Waals surface area contributed by atoms with Gasteiger partial charge in [-0.15, -0.1) is 0 Å². The molecule has 39 heavy (non-hydrogen) atoms.